The molecule has 2 heterocycles. The van der Waals surface area contributed by atoms with Crippen LogP contribution >= 0.6 is 23.3 Å². The summed E-state index contributed by atoms with van der Waals surface area (Å²) in [6, 6.07) is 9.23. The van der Waals surface area contributed by atoms with Gasteiger partial charge in [-0.2, -0.15) is 0 Å². The van der Waals surface area contributed by atoms with Crippen molar-refractivity contribution in [3.63, 3.8) is 0 Å². The van der Waals surface area contributed by atoms with Gasteiger partial charge in [0.15, 0.2) is 0 Å². The van der Waals surface area contributed by atoms with Crippen LogP contribution in [0.3, 0.4) is 0 Å². The van der Waals surface area contributed by atoms with E-state index in [0.29, 0.717) is 5.82 Å². The quantitative estimate of drug-likeness (QED) is 0.675. The third-order valence-electron chi connectivity index (χ3n) is 2.84. The van der Waals surface area contributed by atoms with Crippen LogP contribution in [-0.4, -0.2) is 21.0 Å². The highest BCUT2D eigenvalue weighted by atomic mass is 32.2. The molecular weight excluding hydrogens is 337 g/mol. The molecule has 0 fully saturated rings. The summed E-state index contributed by atoms with van der Waals surface area (Å²) in [6.45, 7) is 0. The van der Waals surface area contributed by atoms with E-state index in [9.17, 15) is 9.18 Å². The Kier molecular flexibility index (Phi) is 4.54. The fourth-order valence-electron chi connectivity index (χ4n) is 1.72. The van der Waals surface area contributed by atoms with E-state index < -0.39 is 5.97 Å². The molecule has 116 valence electrons. The number of pyridine rings is 1. The van der Waals surface area contributed by atoms with Crippen LogP contribution in [0.1, 0.15) is 10.4 Å². The molecule has 0 spiro atoms. The van der Waals surface area contributed by atoms with Crippen molar-refractivity contribution < 1.29 is 14.3 Å². The number of benzene rings is 1. The number of carbonyl (C=O) groups is 1. The lowest BCUT2D eigenvalue weighted by molar-refractivity contribution is 0.0696. The maximum atomic E-state index is 12.9. The van der Waals surface area contributed by atoms with Crippen LogP contribution in [0.2, 0.25) is 0 Å². The van der Waals surface area contributed by atoms with E-state index in [4.69, 9.17) is 5.11 Å². The zero-order chi connectivity index (χ0) is 16.2. The van der Waals surface area contributed by atoms with E-state index in [-0.39, 0.29) is 11.4 Å². The number of rotatable bonds is 5. The highest BCUT2D eigenvalue weighted by molar-refractivity contribution is 8.00. The van der Waals surface area contributed by atoms with E-state index in [1.54, 1.807) is 18.2 Å². The molecule has 23 heavy (non-hydrogen) atoms. The minimum Gasteiger partial charge on any atom is -0.478 e. The summed E-state index contributed by atoms with van der Waals surface area (Å²) in [5.74, 6) is -0.756. The lowest BCUT2D eigenvalue weighted by atomic mass is 10.2. The second-order valence-corrected chi connectivity index (χ2v) is 6.12. The molecule has 0 amide bonds. The van der Waals surface area contributed by atoms with Crippen LogP contribution in [-0.2, 0) is 0 Å². The summed E-state index contributed by atoms with van der Waals surface area (Å²) < 4.78 is 15.9. The molecule has 0 radical (unpaired) electrons. The standard InChI is InChI=1S/C15H10FN3O2S2/c16-11-4-1-9(2-5-11)14-18-13(8-22-14)23-19-12-6-3-10(7-17-12)15(20)21/h1-8H,(H,17,19)(H,20,21). The second kappa shape index (κ2) is 6.76. The fourth-order valence-corrected chi connectivity index (χ4v) is 3.27. The summed E-state index contributed by atoms with van der Waals surface area (Å²) in [4.78, 5) is 19.2. The maximum absolute atomic E-state index is 12.9. The van der Waals surface area contributed by atoms with Crippen LogP contribution in [0.5, 0.6) is 0 Å². The van der Waals surface area contributed by atoms with E-state index in [0.717, 1.165) is 15.6 Å². The summed E-state index contributed by atoms with van der Waals surface area (Å²) in [5.41, 5.74) is 0.986. The fraction of sp³-hybridized carbons (Fsp3) is 0. The first kappa shape index (κ1) is 15.4. The summed E-state index contributed by atoms with van der Waals surface area (Å²) in [5, 5.41) is 12.2. The third-order valence-corrected chi connectivity index (χ3v) is 4.61. The monoisotopic (exact) mass is 347 g/mol. The van der Waals surface area contributed by atoms with Gasteiger partial charge in [0, 0.05) is 29.1 Å². The van der Waals surface area contributed by atoms with Gasteiger partial charge < -0.3 is 9.83 Å². The number of aromatic carboxylic acids is 1. The molecule has 0 aliphatic carbocycles. The minimum absolute atomic E-state index is 0.132. The molecule has 0 bridgehead atoms. The largest absolute Gasteiger partial charge is 0.478 e. The van der Waals surface area contributed by atoms with Gasteiger partial charge in [-0.25, -0.2) is 19.2 Å². The number of aromatic nitrogens is 2. The average molecular weight is 347 g/mol. The number of carboxylic acids is 1. The Balaban J connectivity index is 1.65. The summed E-state index contributed by atoms with van der Waals surface area (Å²) in [6.07, 6.45) is 1.29. The smallest absolute Gasteiger partial charge is 0.337 e. The Morgan fingerprint density at radius 1 is 1.22 bits per heavy atom. The van der Waals surface area contributed by atoms with Crippen molar-refractivity contribution in [2.75, 3.05) is 4.72 Å². The predicted molar refractivity (Wildman–Crippen MR) is 88.2 cm³/mol. The number of thiazole rings is 1. The molecule has 0 saturated carbocycles. The van der Waals surface area contributed by atoms with Gasteiger partial charge in [0.1, 0.15) is 21.7 Å². The van der Waals surface area contributed by atoms with Crippen LogP contribution in [0.4, 0.5) is 10.2 Å². The number of anilines is 1. The molecule has 2 N–H and O–H groups in total. The Morgan fingerprint density at radius 2 is 2.00 bits per heavy atom. The normalized spacial score (nSPS) is 10.5. The van der Waals surface area contributed by atoms with Crippen molar-refractivity contribution in [1.82, 2.24) is 9.97 Å². The van der Waals surface area contributed by atoms with E-state index in [2.05, 4.69) is 14.7 Å². The molecule has 1 aromatic carbocycles. The van der Waals surface area contributed by atoms with Gasteiger partial charge in [-0.05, 0) is 36.4 Å². The van der Waals surface area contributed by atoms with Crippen LogP contribution < -0.4 is 4.72 Å². The molecule has 0 aliphatic rings. The average Bonchev–Trinajstić information content (AvgIpc) is 3.03. The van der Waals surface area contributed by atoms with Gasteiger partial charge in [0.05, 0.1) is 5.56 Å². The first-order chi connectivity index (χ1) is 11.1. The first-order valence-corrected chi connectivity index (χ1v) is 8.15. The molecule has 5 nitrogen and oxygen atoms in total. The van der Waals surface area contributed by atoms with Crippen molar-refractivity contribution in [2.45, 2.75) is 5.03 Å². The maximum Gasteiger partial charge on any atom is 0.337 e. The van der Waals surface area contributed by atoms with Crippen molar-refractivity contribution in [3.05, 3.63) is 59.4 Å². The molecule has 0 saturated heterocycles. The Hall–Kier alpha value is -2.45. The van der Waals surface area contributed by atoms with Gasteiger partial charge in [-0.15, -0.1) is 11.3 Å². The van der Waals surface area contributed by atoms with Gasteiger partial charge >= 0.3 is 5.97 Å². The first-order valence-electron chi connectivity index (χ1n) is 6.45. The van der Waals surface area contributed by atoms with Gasteiger partial charge in [-0.1, -0.05) is 0 Å². The molecule has 0 atom stereocenters. The van der Waals surface area contributed by atoms with E-state index in [1.165, 1.54) is 47.7 Å². The second-order valence-electron chi connectivity index (χ2n) is 4.44. The Morgan fingerprint density at radius 3 is 2.65 bits per heavy atom. The van der Waals surface area contributed by atoms with Crippen molar-refractivity contribution in [3.8, 4) is 10.6 Å². The number of hydrogen-bond donors (Lipinski definition) is 2. The van der Waals surface area contributed by atoms with Crippen LogP contribution in [0, 0.1) is 5.82 Å². The van der Waals surface area contributed by atoms with E-state index >= 15 is 0 Å². The topological polar surface area (TPSA) is 75.1 Å². The number of nitrogens with one attached hydrogen (secondary N) is 1. The number of hydrogen-bond acceptors (Lipinski definition) is 6. The number of carboxylic acid groups (broad SMARTS) is 1. The third kappa shape index (κ3) is 3.85. The van der Waals surface area contributed by atoms with Crippen LogP contribution in [0.15, 0.2) is 53.0 Å². The molecule has 0 unspecified atom stereocenters. The minimum atomic E-state index is -1.01. The van der Waals surface area contributed by atoms with Gasteiger partial charge in [0.25, 0.3) is 0 Å². The Bertz CT molecular complexity index is 819. The molecule has 2 aromatic heterocycles. The Labute approximate surface area is 139 Å². The SMILES string of the molecule is O=C(O)c1ccc(NSc2csc(-c3ccc(F)cc3)n2)nc1. The van der Waals surface area contributed by atoms with Crippen LogP contribution in [0.25, 0.3) is 10.6 Å². The highest BCUT2D eigenvalue weighted by Crippen LogP contribution is 2.28. The number of nitrogens with zero attached hydrogens (tertiary/aromatic N) is 2. The zero-order valence-corrected chi connectivity index (χ0v) is 13.2. The van der Waals surface area contributed by atoms with E-state index in [1.807, 2.05) is 5.38 Å². The molecule has 3 rings (SSSR count). The lowest BCUT2D eigenvalue weighted by Gasteiger charge is -2.02. The zero-order valence-electron chi connectivity index (χ0n) is 11.6. The van der Waals surface area contributed by atoms with Crippen molar-refractivity contribution >= 4 is 35.1 Å². The molecular formula is C15H10FN3O2S2. The van der Waals surface area contributed by atoms with Crippen molar-refractivity contribution in [2.24, 2.45) is 0 Å². The predicted octanol–water partition coefficient (Wildman–Crippen LogP) is 4.16. The molecule has 8 heteroatoms. The van der Waals surface area contributed by atoms with Gasteiger partial charge in [0.2, 0.25) is 0 Å². The van der Waals surface area contributed by atoms with Gasteiger partial charge in [-0.3, -0.25) is 0 Å². The van der Waals surface area contributed by atoms with Crippen molar-refractivity contribution in [1.29, 1.82) is 0 Å². The summed E-state index contributed by atoms with van der Waals surface area (Å²) in [7, 11) is 0. The lowest BCUT2D eigenvalue weighted by Crippen LogP contribution is -1.98. The highest BCUT2D eigenvalue weighted by Gasteiger charge is 2.07. The number of halogens is 1. The molecule has 0 aliphatic heterocycles. The molecule has 3 aromatic rings. The summed E-state index contributed by atoms with van der Waals surface area (Å²) >= 11 is 2.73.